The van der Waals surface area contributed by atoms with E-state index in [0.29, 0.717) is 0 Å². The highest BCUT2D eigenvalue weighted by Gasteiger charge is 2.17. The highest BCUT2D eigenvalue weighted by atomic mass is 16.3. The first kappa shape index (κ1) is 12.4. The fourth-order valence-electron chi connectivity index (χ4n) is 2.25. The highest BCUT2D eigenvalue weighted by molar-refractivity contribution is 5.42. The minimum atomic E-state index is -0.216. The van der Waals surface area contributed by atoms with Crippen LogP contribution in [-0.4, -0.2) is 10.1 Å². The Balaban J connectivity index is 2.59. The number of aromatic nitrogens is 1. The zero-order valence-corrected chi connectivity index (χ0v) is 10.8. The van der Waals surface area contributed by atoms with Crippen molar-refractivity contribution in [3.63, 3.8) is 0 Å². The standard InChI is InChI=1S/C15H17NO2/c1-9-10(2)14(17)16-15(18)13(9)11(3)12-7-5-4-6-8-12/h4-8,11H,1-3H3,(H2,16,17,18). The number of hydrogen-bond donors (Lipinski definition) is 2. The molecule has 3 heteroatoms. The van der Waals surface area contributed by atoms with Gasteiger partial charge in [0.05, 0.1) is 0 Å². The molecule has 1 atom stereocenters. The Morgan fingerprint density at radius 3 is 2.33 bits per heavy atom. The first-order valence-electron chi connectivity index (χ1n) is 5.99. The fourth-order valence-corrected chi connectivity index (χ4v) is 2.25. The molecule has 0 aliphatic carbocycles. The zero-order valence-electron chi connectivity index (χ0n) is 10.8. The summed E-state index contributed by atoms with van der Waals surface area (Å²) in [7, 11) is 0. The predicted molar refractivity (Wildman–Crippen MR) is 72.2 cm³/mol. The smallest absolute Gasteiger partial charge is 0.254 e. The Labute approximate surface area is 106 Å². The van der Waals surface area contributed by atoms with Crippen LogP contribution in [0.15, 0.2) is 35.1 Å². The van der Waals surface area contributed by atoms with Gasteiger partial charge in [-0.25, -0.2) is 0 Å². The van der Waals surface area contributed by atoms with Crippen LogP contribution >= 0.6 is 0 Å². The van der Waals surface area contributed by atoms with E-state index in [9.17, 15) is 9.90 Å². The highest BCUT2D eigenvalue weighted by Crippen LogP contribution is 2.27. The van der Waals surface area contributed by atoms with E-state index >= 15 is 0 Å². The van der Waals surface area contributed by atoms with E-state index < -0.39 is 0 Å². The number of aromatic amines is 1. The molecule has 2 rings (SSSR count). The van der Waals surface area contributed by atoms with Gasteiger partial charge in [-0.3, -0.25) is 9.78 Å². The van der Waals surface area contributed by atoms with E-state index in [1.54, 1.807) is 0 Å². The summed E-state index contributed by atoms with van der Waals surface area (Å²) in [6, 6.07) is 9.89. The second-order valence-corrected chi connectivity index (χ2v) is 4.60. The molecule has 1 aromatic heterocycles. The number of H-pyrrole nitrogens is 1. The maximum atomic E-state index is 12.0. The second kappa shape index (κ2) is 4.69. The lowest BCUT2D eigenvalue weighted by molar-refractivity contribution is 0.445. The largest absolute Gasteiger partial charge is 0.494 e. The lowest BCUT2D eigenvalue weighted by Gasteiger charge is -2.16. The van der Waals surface area contributed by atoms with Gasteiger partial charge in [-0.1, -0.05) is 37.3 Å². The minimum Gasteiger partial charge on any atom is -0.494 e. The van der Waals surface area contributed by atoms with Gasteiger partial charge in [0.2, 0.25) is 0 Å². The predicted octanol–water partition coefficient (Wildman–Crippen LogP) is 2.85. The molecule has 0 saturated carbocycles. The summed E-state index contributed by atoms with van der Waals surface area (Å²) in [6.07, 6.45) is 0. The third-order valence-corrected chi connectivity index (χ3v) is 3.53. The fraction of sp³-hybridized carbons (Fsp3) is 0.267. The van der Waals surface area contributed by atoms with E-state index in [1.165, 1.54) is 0 Å². The summed E-state index contributed by atoms with van der Waals surface area (Å²) < 4.78 is 0. The Hall–Kier alpha value is -2.03. The van der Waals surface area contributed by atoms with Crippen molar-refractivity contribution in [1.82, 2.24) is 4.98 Å². The summed E-state index contributed by atoms with van der Waals surface area (Å²) >= 11 is 0. The van der Waals surface area contributed by atoms with Crippen LogP contribution in [0.1, 0.15) is 35.1 Å². The van der Waals surface area contributed by atoms with Gasteiger partial charge >= 0.3 is 0 Å². The van der Waals surface area contributed by atoms with Crippen molar-refractivity contribution in [1.29, 1.82) is 0 Å². The summed E-state index contributed by atoms with van der Waals surface area (Å²) in [5.74, 6) is -0.0317. The number of aromatic hydroxyl groups is 1. The monoisotopic (exact) mass is 243 g/mol. The molecule has 2 N–H and O–H groups in total. The van der Waals surface area contributed by atoms with Crippen molar-refractivity contribution in [3.05, 3.63) is 62.9 Å². The number of hydrogen-bond acceptors (Lipinski definition) is 2. The number of rotatable bonds is 2. The molecule has 1 heterocycles. The molecule has 0 aliphatic heterocycles. The van der Waals surface area contributed by atoms with Gasteiger partial charge in [0.1, 0.15) is 0 Å². The van der Waals surface area contributed by atoms with Crippen molar-refractivity contribution in [3.8, 4) is 5.88 Å². The van der Waals surface area contributed by atoms with Crippen molar-refractivity contribution in [2.24, 2.45) is 0 Å². The average Bonchev–Trinajstić information content (AvgIpc) is 2.37. The Morgan fingerprint density at radius 1 is 1.11 bits per heavy atom. The van der Waals surface area contributed by atoms with E-state index in [2.05, 4.69) is 4.98 Å². The molecular weight excluding hydrogens is 226 g/mol. The maximum Gasteiger partial charge on any atom is 0.254 e. The molecular formula is C15H17NO2. The Kier molecular flexibility index (Phi) is 3.24. The van der Waals surface area contributed by atoms with Crippen LogP contribution in [0.25, 0.3) is 0 Å². The number of nitrogens with one attached hydrogen (secondary N) is 1. The molecule has 94 valence electrons. The van der Waals surface area contributed by atoms with E-state index in [-0.39, 0.29) is 17.4 Å². The SMILES string of the molecule is Cc1c(O)[nH]c(=O)c(C(C)c2ccccc2)c1C. The van der Waals surface area contributed by atoms with Gasteiger partial charge in [-0.15, -0.1) is 0 Å². The van der Waals surface area contributed by atoms with E-state index in [4.69, 9.17) is 0 Å². The quantitative estimate of drug-likeness (QED) is 0.852. The van der Waals surface area contributed by atoms with Gasteiger partial charge < -0.3 is 5.11 Å². The molecule has 0 radical (unpaired) electrons. The van der Waals surface area contributed by atoms with Crippen LogP contribution in [0.3, 0.4) is 0 Å². The Bertz CT molecular complexity index is 614. The molecule has 0 amide bonds. The van der Waals surface area contributed by atoms with Crippen LogP contribution in [0.5, 0.6) is 5.88 Å². The first-order chi connectivity index (χ1) is 8.52. The summed E-state index contributed by atoms with van der Waals surface area (Å²) in [6.45, 7) is 5.68. The summed E-state index contributed by atoms with van der Waals surface area (Å²) in [4.78, 5) is 14.5. The molecule has 2 aromatic rings. The molecule has 0 spiro atoms. The normalized spacial score (nSPS) is 12.4. The topological polar surface area (TPSA) is 53.1 Å². The van der Waals surface area contributed by atoms with E-state index in [0.717, 1.165) is 22.3 Å². The van der Waals surface area contributed by atoms with Crippen LogP contribution < -0.4 is 5.56 Å². The second-order valence-electron chi connectivity index (χ2n) is 4.60. The summed E-state index contributed by atoms with van der Waals surface area (Å²) in [5.41, 5.74) is 3.18. The Morgan fingerprint density at radius 2 is 1.72 bits per heavy atom. The number of pyridine rings is 1. The lowest BCUT2D eigenvalue weighted by Crippen LogP contribution is -2.18. The molecule has 0 fully saturated rings. The maximum absolute atomic E-state index is 12.0. The minimum absolute atomic E-state index is 0.00856. The summed E-state index contributed by atoms with van der Waals surface area (Å²) in [5, 5.41) is 9.60. The van der Waals surface area contributed by atoms with Crippen LogP contribution in [0.4, 0.5) is 0 Å². The van der Waals surface area contributed by atoms with Gasteiger partial charge in [-0.05, 0) is 25.0 Å². The van der Waals surface area contributed by atoms with Gasteiger partial charge in [0.15, 0.2) is 5.88 Å². The van der Waals surface area contributed by atoms with Crippen molar-refractivity contribution >= 4 is 0 Å². The third kappa shape index (κ3) is 2.04. The molecule has 1 aromatic carbocycles. The van der Waals surface area contributed by atoms with Crippen molar-refractivity contribution in [2.45, 2.75) is 26.7 Å². The molecule has 18 heavy (non-hydrogen) atoms. The zero-order chi connectivity index (χ0) is 13.3. The van der Waals surface area contributed by atoms with Crippen LogP contribution in [0, 0.1) is 13.8 Å². The van der Waals surface area contributed by atoms with Crippen LogP contribution in [0.2, 0.25) is 0 Å². The molecule has 1 unspecified atom stereocenters. The van der Waals surface area contributed by atoms with Crippen molar-refractivity contribution in [2.75, 3.05) is 0 Å². The van der Waals surface area contributed by atoms with E-state index in [1.807, 2.05) is 51.1 Å². The van der Waals surface area contributed by atoms with Gasteiger partial charge in [0, 0.05) is 17.0 Å². The van der Waals surface area contributed by atoms with Gasteiger partial charge in [0.25, 0.3) is 5.56 Å². The molecule has 0 saturated heterocycles. The molecule has 3 nitrogen and oxygen atoms in total. The third-order valence-electron chi connectivity index (χ3n) is 3.53. The lowest BCUT2D eigenvalue weighted by atomic mass is 9.90. The first-order valence-corrected chi connectivity index (χ1v) is 5.99. The van der Waals surface area contributed by atoms with Gasteiger partial charge in [-0.2, -0.15) is 0 Å². The van der Waals surface area contributed by atoms with Crippen LogP contribution in [-0.2, 0) is 0 Å². The molecule has 0 aliphatic rings. The molecule has 0 bridgehead atoms. The average molecular weight is 243 g/mol. The number of benzene rings is 1. The van der Waals surface area contributed by atoms with Crippen molar-refractivity contribution < 1.29 is 5.11 Å².